The molecule has 2 aromatic heterocycles. The van der Waals surface area contributed by atoms with Crippen molar-refractivity contribution in [1.29, 1.82) is 0 Å². The maximum Gasteiger partial charge on any atom is 0.261 e. The van der Waals surface area contributed by atoms with Crippen molar-refractivity contribution < 1.29 is 14.0 Å². The van der Waals surface area contributed by atoms with E-state index in [-0.39, 0.29) is 17.6 Å². The van der Waals surface area contributed by atoms with E-state index >= 15 is 0 Å². The normalized spacial score (nSPS) is 13.0. The first-order chi connectivity index (χ1) is 16.0. The number of imidazole rings is 1. The molecule has 0 unspecified atom stereocenters. The quantitative estimate of drug-likeness (QED) is 0.406. The van der Waals surface area contributed by atoms with Crippen molar-refractivity contribution in [2.45, 2.75) is 19.9 Å². The van der Waals surface area contributed by atoms with Gasteiger partial charge in [-0.1, -0.05) is 12.1 Å². The number of fused-ring (bicyclic) bond motifs is 1. The summed E-state index contributed by atoms with van der Waals surface area (Å²) in [5, 5.41) is 0. The van der Waals surface area contributed by atoms with Crippen LogP contribution in [-0.4, -0.2) is 37.8 Å². The van der Waals surface area contributed by atoms with Crippen LogP contribution in [0.25, 0.3) is 22.5 Å². The molecular formula is C26H21FN4O2. The van der Waals surface area contributed by atoms with Gasteiger partial charge in [-0.05, 0) is 61.9 Å². The van der Waals surface area contributed by atoms with Gasteiger partial charge in [0.15, 0.2) is 0 Å². The maximum absolute atomic E-state index is 13.6. The van der Waals surface area contributed by atoms with Crippen molar-refractivity contribution in [2.24, 2.45) is 0 Å². The third-order valence-electron chi connectivity index (χ3n) is 5.87. The zero-order valence-corrected chi connectivity index (χ0v) is 18.0. The number of pyridine rings is 1. The lowest BCUT2D eigenvalue weighted by Crippen LogP contribution is -2.31. The molecule has 1 aliphatic heterocycles. The van der Waals surface area contributed by atoms with E-state index < -0.39 is 0 Å². The van der Waals surface area contributed by atoms with Crippen LogP contribution in [0.1, 0.15) is 33.0 Å². The van der Waals surface area contributed by atoms with E-state index in [0.29, 0.717) is 30.6 Å². The number of nitrogens with zero attached hydrogens (tertiary/aromatic N) is 4. The van der Waals surface area contributed by atoms with Crippen molar-refractivity contribution in [3.63, 3.8) is 0 Å². The standard InChI is InChI=1S/C26H21FN4O2/c1-17-29-23(18-11-13-28-14-12-18)24(19-7-9-20(27)10-8-19)30(17)15-4-16-31-25(32)21-5-2-3-6-22(21)26(31)33/h2-3,5-14H,4,15-16H2,1H3. The zero-order valence-electron chi connectivity index (χ0n) is 18.0. The Morgan fingerprint density at radius 3 is 2.09 bits per heavy atom. The molecule has 2 aromatic carbocycles. The number of hydrogen-bond donors (Lipinski definition) is 0. The summed E-state index contributed by atoms with van der Waals surface area (Å²) in [5.74, 6) is -0.0236. The van der Waals surface area contributed by atoms with Gasteiger partial charge < -0.3 is 4.57 Å². The van der Waals surface area contributed by atoms with Crippen molar-refractivity contribution >= 4 is 11.8 Å². The second-order valence-electron chi connectivity index (χ2n) is 7.91. The molecule has 0 N–H and O–H groups in total. The average molecular weight is 440 g/mol. The van der Waals surface area contributed by atoms with Gasteiger partial charge in [-0.2, -0.15) is 0 Å². The molecule has 0 radical (unpaired) electrons. The van der Waals surface area contributed by atoms with E-state index in [9.17, 15) is 14.0 Å². The van der Waals surface area contributed by atoms with Crippen LogP contribution in [-0.2, 0) is 6.54 Å². The second-order valence-corrected chi connectivity index (χ2v) is 7.91. The van der Waals surface area contributed by atoms with Gasteiger partial charge in [0, 0.05) is 36.6 Å². The van der Waals surface area contributed by atoms with Crippen LogP contribution in [0.4, 0.5) is 4.39 Å². The Bertz CT molecular complexity index is 1310. The Morgan fingerprint density at radius 2 is 1.45 bits per heavy atom. The lowest BCUT2D eigenvalue weighted by molar-refractivity contribution is 0.0651. The van der Waals surface area contributed by atoms with Crippen LogP contribution in [0.5, 0.6) is 0 Å². The first-order valence-electron chi connectivity index (χ1n) is 10.7. The minimum absolute atomic E-state index is 0.255. The van der Waals surface area contributed by atoms with E-state index in [1.165, 1.54) is 17.0 Å². The molecule has 6 nitrogen and oxygen atoms in total. The summed E-state index contributed by atoms with van der Waals surface area (Å²) < 4.78 is 15.6. The van der Waals surface area contributed by atoms with Crippen molar-refractivity contribution in [2.75, 3.05) is 6.54 Å². The second kappa shape index (κ2) is 8.43. The lowest BCUT2D eigenvalue weighted by Gasteiger charge is -2.16. The number of benzene rings is 2. The molecule has 33 heavy (non-hydrogen) atoms. The predicted octanol–water partition coefficient (Wildman–Crippen LogP) is 4.75. The topological polar surface area (TPSA) is 68.1 Å². The third-order valence-corrected chi connectivity index (χ3v) is 5.87. The number of hydrogen-bond acceptors (Lipinski definition) is 4. The molecule has 3 heterocycles. The summed E-state index contributed by atoms with van der Waals surface area (Å²) in [4.78, 5) is 35.5. The highest BCUT2D eigenvalue weighted by Crippen LogP contribution is 2.33. The first-order valence-corrected chi connectivity index (χ1v) is 10.7. The van der Waals surface area contributed by atoms with Crippen LogP contribution >= 0.6 is 0 Å². The van der Waals surface area contributed by atoms with Crippen LogP contribution in [0.15, 0.2) is 73.1 Å². The molecule has 5 rings (SSSR count). The molecule has 0 fully saturated rings. The number of amides is 2. The monoisotopic (exact) mass is 440 g/mol. The number of aryl methyl sites for hydroxylation is 1. The highest BCUT2D eigenvalue weighted by atomic mass is 19.1. The van der Waals surface area contributed by atoms with E-state index in [0.717, 1.165) is 28.3 Å². The number of rotatable bonds is 6. The van der Waals surface area contributed by atoms with E-state index in [1.54, 1.807) is 48.8 Å². The van der Waals surface area contributed by atoms with Crippen molar-refractivity contribution in [1.82, 2.24) is 19.4 Å². The molecule has 4 aromatic rings. The van der Waals surface area contributed by atoms with Crippen LogP contribution in [0, 0.1) is 12.7 Å². The fourth-order valence-electron chi connectivity index (χ4n) is 4.28. The van der Waals surface area contributed by atoms with Crippen LogP contribution < -0.4 is 0 Å². The molecule has 0 aliphatic carbocycles. The van der Waals surface area contributed by atoms with Gasteiger partial charge in [0.25, 0.3) is 11.8 Å². The van der Waals surface area contributed by atoms with Crippen molar-refractivity contribution in [3.05, 3.63) is 95.8 Å². The molecule has 164 valence electrons. The first kappa shape index (κ1) is 20.8. The van der Waals surface area contributed by atoms with Gasteiger partial charge in [-0.15, -0.1) is 0 Å². The number of imide groups is 1. The molecule has 0 spiro atoms. The molecular weight excluding hydrogens is 419 g/mol. The molecule has 0 saturated carbocycles. The summed E-state index contributed by atoms with van der Waals surface area (Å²) in [7, 11) is 0. The third kappa shape index (κ3) is 3.71. The number of carbonyl (C=O) groups excluding carboxylic acids is 2. The molecule has 0 atom stereocenters. The number of halogens is 1. The van der Waals surface area contributed by atoms with Gasteiger partial charge in [0.05, 0.1) is 22.5 Å². The SMILES string of the molecule is Cc1nc(-c2ccncc2)c(-c2ccc(F)cc2)n1CCCN1C(=O)c2ccccc2C1=O. The maximum atomic E-state index is 13.6. The summed E-state index contributed by atoms with van der Waals surface area (Å²) in [6, 6.07) is 17.0. The summed E-state index contributed by atoms with van der Waals surface area (Å²) >= 11 is 0. The highest BCUT2D eigenvalue weighted by molar-refractivity contribution is 6.21. The van der Waals surface area contributed by atoms with Gasteiger partial charge >= 0.3 is 0 Å². The smallest absolute Gasteiger partial charge is 0.261 e. The largest absolute Gasteiger partial charge is 0.328 e. The molecule has 2 amide bonds. The summed E-state index contributed by atoms with van der Waals surface area (Å²) in [5.41, 5.74) is 4.29. The molecule has 1 aliphatic rings. The Morgan fingerprint density at radius 1 is 0.818 bits per heavy atom. The fourth-order valence-corrected chi connectivity index (χ4v) is 4.28. The van der Waals surface area contributed by atoms with E-state index in [2.05, 4.69) is 9.55 Å². The van der Waals surface area contributed by atoms with Gasteiger partial charge in [-0.3, -0.25) is 19.5 Å². The fraction of sp³-hybridized carbons (Fsp3) is 0.154. The summed E-state index contributed by atoms with van der Waals surface area (Å²) in [6.45, 7) is 2.77. The predicted molar refractivity (Wildman–Crippen MR) is 122 cm³/mol. The lowest BCUT2D eigenvalue weighted by atomic mass is 10.1. The van der Waals surface area contributed by atoms with Crippen LogP contribution in [0.2, 0.25) is 0 Å². The van der Waals surface area contributed by atoms with Crippen LogP contribution in [0.3, 0.4) is 0 Å². The van der Waals surface area contributed by atoms with Gasteiger partial charge in [-0.25, -0.2) is 9.37 Å². The summed E-state index contributed by atoms with van der Waals surface area (Å²) in [6.07, 6.45) is 3.98. The average Bonchev–Trinajstić information content (AvgIpc) is 3.29. The Kier molecular flexibility index (Phi) is 5.30. The number of carbonyl (C=O) groups is 2. The number of aromatic nitrogens is 3. The highest BCUT2D eigenvalue weighted by Gasteiger charge is 2.34. The Labute approximate surface area is 190 Å². The molecule has 0 bridgehead atoms. The van der Waals surface area contributed by atoms with Gasteiger partial charge in [0.2, 0.25) is 0 Å². The minimum atomic E-state index is -0.308. The Balaban J connectivity index is 1.44. The van der Waals surface area contributed by atoms with E-state index in [1.807, 2.05) is 19.1 Å². The Hall–Kier alpha value is -4.13. The zero-order chi connectivity index (χ0) is 22.9. The van der Waals surface area contributed by atoms with E-state index in [4.69, 9.17) is 4.98 Å². The van der Waals surface area contributed by atoms with Gasteiger partial charge in [0.1, 0.15) is 11.6 Å². The van der Waals surface area contributed by atoms with Crippen molar-refractivity contribution in [3.8, 4) is 22.5 Å². The molecule has 0 saturated heterocycles. The minimum Gasteiger partial charge on any atom is -0.328 e. The molecule has 7 heteroatoms.